The number of carbonyl (C=O) groups is 2. The zero-order valence-electron chi connectivity index (χ0n) is 15.9. The zero-order chi connectivity index (χ0) is 19.8. The Balaban J connectivity index is 2.12. The smallest absolute Gasteiger partial charge is 0.317 e. The van der Waals surface area contributed by atoms with Gasteiger partial charge in [-0.05, 0) is 43.1 Å². The van der Waals surface area contributed by atoms with Gasteiger partial charge < -0.3 is 14.7 Å². The van der Waals surface area contributed by atoms with E-state index in [1.54, 1.807) is 25.5 Å². The van der Waals surface area contributed by atoms with Crippen LogP contribution in [0.3, 0.4) is 0 Å². The minimum atomic E-state index is -0.946. The van der Waals surface area contributed by atoms with Gasteiger partial charge in [-0.15, -0.1) is 11.3 Å². The number of carboxylic acids is 1. The maximum Gasteiger partial charge on any atom is 0.317 e. The van der Waals surface area contributed by atoms with Crippen LogP contribution < -0.4 is 4.74 Å². The molecular weight excluding hydrogens is 364 g/mol. The number of likely N-dealkylation sites (N-methyl/N-ethyl adjacent to an activating group) is 1. The molecule has 0 aliphatic heterocycles. The highest BCUT2D eigenvalue weighted by Crippen LogP contribution is 2.18. The zero-order valence-corrected chi connectivity index (χ0v) is 16.7. The van der Waals surface area contributed by atoms with Crippen molar-refractivity contribution >= 4 is 23.2 Å². The van der Waals surface area contributed by atoms with Crippen molar-refractivity contribution in [3.8, 4) is 5.75 Å². The molecule has 0 aliphatic rings. The summed E-state index contributed by atoms with van der Waals surface area (Å²) >= 11 is 1.67. The van der Waals surface area contributed by atoms with Gasteiger partial charge in [-0.3, -0.25) is 14.5 Å². The molecule has 1 aromatic carbocycles. The van der Waals surface area contributed by atoms with E-state index in [1.165, 1.54) is 9.78 Å². The van der Waals surface area contributed by atoms with Crippen LogP contribution in [0.5, 0.6) is 5.75 Å². The predicted molar refractivity (Wildman–Crippen MR) is 106 cm³/mol. The lowest BCUT2D eigenvalue weighted by atomic mass is 10.1. The Hall–Kier alpha value is -2.38. The highest BCUT2D eigenvalue weighted by molar-refractivity contribution is 7.09. The lowest BCUT2D eigenvalue weighted by Crippen LogP contribution is -2.45. The van der Waals surface area contributed by atoms with E-state index in [-0.39, 0.29) is 25.0 Å². The number of carboxylic acid groups (broad SMARTS) is 1. The molecule has 2 aromatic rings. The van der Waals surface area contributed by atoms with E-state index in [2.05, 4.69) is 6.07 Å². The SMILES string of the molecule is COc1ccc(CN(C(=O)CN(C)CC(=O)O)C(C)Cc2cccs2)cc1. The lowest BCUT2D eigenvalue weighted by molar-refractivity contribution is -0.139. The van der Waals surface area contributed by atoms with Gasteiger partial charge in [-0.25, -0.2) is 0 Å². The number of ether oxygens (including phenoxy) is 1. The third-order valence-corrected chi connectivity index (χ3v) is 5.15. The van der Waals surface area contributed by atoms with Crippen LogP contribution >= 0.6 is 11.3 Å². The van der Waals surface area contributed by atoms with Gasteiger partial charge in [0, 0.05) is 23.9 Å². The van der Waals surface area contributed by atoms with Crippen molar-refractivity contribution in [1.82, 2.24) is 9.80 Å². The first-order chi connectivity index (χ1) is 12.9. The van der Waals surface area contributed by atoms with Crippen LogP contribution in [0.1, 0.15) is 17.4 Å². The van der Waals surface area contributed by atoms with E-state index in [0.29, 0.717) is 6.54 Å². The molecule has 0 saturated carbocycles. The summed E-state index contributed by atoms with van der Waals surface area (Å²) < 4.78 is 5.19. The summed E-state index contributed by atoms with van der Waals surface area (Å²) in [5.41, 5.74) is 1.00. The lowest BCUT2D eigenvalue weighted by Gasteiger charge is -2.31. The Bertz CT molecular complexity index is 731. The van der Waals surface area contributed by atoms with Crippen LogP contribution in [-0.2, 0) is 22.6 Å². The third kappa shape index (κ3) is 6.69. The first-order valence-corrected chi connectivity index (χ1v) is 9.62. The van der Waals surface area contributed by atoms with Gasteiger partial charge >= 0.3 is 5.97 Å². The fourth-order valence-electron chi connectivity index (χ4n) is 2.86. The molecule has 2 rings (SSSR count). The molecule has 0 aliphatic carbocycles. The van der Waals surface area contributed by atoms with Crippen molar-refractivity contribution in [3.63, 3.8) is 0 Å². The monoisotopic (exact) mass is 390 g/mol. The molecule has 1 unspecified atom stereocenters. The molecule has 27 heavy (non-hydrogen) atoms. The number of amides is 1. The number of nitrogens with zero attached hydrogens (tertiary/aromatic N) is 2. The molecule has 146 valence electrons. The Morgan fingerprint density at radius 1 is 1.19 bits per heavy atom. The highest BCUT2D eigenvalue weighted by atomic mass is 32.1. The summed E-state index contributed by atoms with van der Waals surface area (Å²) in [4.78, 5) is 28.3. The number of aliphatic carboxylic acids is 1. The first-order valence-electron chi connectivity index (χ1n) is 8.74. The number of thiophene rings is 1. The van der Waals surface area contributed by atoms with Gasteiger partial charge in [-0.1, -0.05) is 18.2 Å². The molecule has 1 aromatic heterocycles. The number of hydrogen-bond acceptors (Lipinski definition) is 5. The number of carbonyl (C=O) groups excluding carboxylic acids is 1. The van der Waals surface area contributed by atoms with Crippen LogP contribution in [-0.4, -0.2) is 60.1 Å². The fraction of sp³-hybridized carbons (Fsp3) is 0.400. The topological polar surface area (TPSA) is 70.1 Å². The molecule has 7 heteroatoms. The van der Waals surface area contributed by atoms with Crippen LogP contribution in [0.25, 0.3) is 0 Å². The second-order valence-electron chi connectivity index (χ2n) is 6.57. The van der Waals surface area contributed by atoms with Gasteiger partial charge in [0.2, 0.25) is 5.91 Å². The molecule has 0 bridgehead atoms. The normalized spacial score (nSPS) is 12.0. The summed E-state index contributed by atoms with van der Waals surface area (Å²) in [5.74, 6) is -0.262. The quantitative estimate of drug-likeness (QED) is 0.675. The average Bonchev–Trinajstić information content (AvgIpc) is 3.12. The summed E-state index contributed by atoms with van der Waals surface area (Å²) in [5, 5.41) is 10.9. The van der Waals surface area contributed by atoms with Gasteiger partial charge in [0.05, 0.1) is 20.2 Å². The van der Waals surface area contributed by atoms with Crippen molar-refractivity contribution < 1.29 is 19.4 Å². The molecule has 1 atom stereocenters. The average molecular weight is 391 g/mol. The summed E-state index contributed by atoms with van der Waals surface area (Å²) in [6.45, 7) is 2.40. The van der Waals surface area contributed by atoms with Gasteiger partial charge in [0.25, 0.3) is 0 Å². The molecule has 1 amide bonds. The fourth-order valence-corrected chi connectivity index (χ4v) is 3.68. The molecule has 1 N–H and O–H groups in total. The third-order valence-electron chi connectivity index (χ3n) is 4.25. The van der Waals surface area contributed by atoms with Crippen molar-refractivity contribution in [2.45, 2.75) is 25.9 Å². The minimum Gasteiger partial charge on any atom is -0.497 e. The summed E-state index contributed by atoms with van der Waals surface area (Å²) in [6, 6.07) is 11.7. The van der Waals surface area contributed by atoms with Crippen molar-refractivity contribution in [2.24, 2.45) is 0 Å². The number of methoxy groups -OCH3 is 1. The van der Waals surface area contributed by atoms with Crippen LogP contribution in [0.2, 0.25) is 0 Å². The molecule has 0 radical (unpaired) electrons. The Morgan fingerprint density at radius 2 is 1.89 bits per heavy atom. The summed E-state index contributed by atoms with van der Waals surface area (Å²) in [7, 11) is 3.26. The number of benzene rings is 1. The van der Waals surface area contributed by atoms with Crippen LogP contribution in [0.15, 0.2) is 41.8 Å². The molecule has 6 nitrogen and oxygen atoms in total. The number of rotatable bonds is 10. The van der Waals surface area contributed by atoms with Gasteiger partial charge in [0.15, 0.2) is 0 Å². The van der Waals surface area contributed by atoms with Gasteiger partial charge in [-0.2, -0.15) is 0 Å². The van der Waals surface area contributed by atoms with Crippen LogP contribution in [0.4, 0.5) is 0 Å². The van der Waals surface area contributed by atoms with E-state index in [0.717, 1.165) is 17.7 Å². The molecule has 0 saturated heterocycles. The van der Waals surface area contributed by atoms with E-state index < -0.39 is 5.97 Å². The standard InChI is InChI=1S/C20H26N2O4S/c1-15(11-18-5-4-10-27-18)22(19(23)13-21(2)14-20(24)25)12-16-6-8-17(26-3)9-7-16/h4-10,15H,11-14H2,1-3H3,(H,24,25). The number of hydrogen-bond donors (Lipinski definition) is 1. The molecule has 0 spiro atoms. The second kappa shape index (κ2) is 10.1. The Labute approximate surface area is 164 Å². The maximum atomic E-state index is 12.9. The largest absolute Gasteiger partial charge is 0.497 e. The highest BCUT2D eigenvalue weighted by Gasteiger charge is 2.23. The van der Waals surface area contributed by atoms with E-state index in [9.17, 15) is 9.59 Å². The van der Waals surface area contributed by atoms with Crippen LogP contribution in [0, 0.1) is 0 Å². The Morgan fingerprint density at radius 3 is 2.44 bits per heavy atom. The van der Waals surface area contributed by atoms with E-state index in [4.69, 9.17) is 9.84 Å². The molecule has 1 heterocycles. The predicted octanol–water partition coefficient (Wildman–Crippen LogP) is 2.73. The van der Waals surface area contributed by atoms with E-state index >= 15 is 0 Å². The second-order valence-corrected chi connectivity index (χ2v) is 7.60. The molecule has 0 fully saturated rings. The Kier molecular flexibility index (Phi) is 7.82. The maximum absolute atomic E-state index is 12.9. The van der Waals surface area contributed by atoms with E-state index in [1.807, 2.05) is 47.5 Å². The minimum absolute atomic E-state index is 0.00326. The van der Waals surface area contributed by atoms with Crippen molar-refractivity contribution in [3.05, 3.63) is 52.2 Å². The first kappa shape index (κ1) is 20.9. The summed E-state index contributed by atoms with van der Waals surface area (Å²) in [6.07, 6.45) is 0.766. The van der Waals surface area contributed by atoms with Crippen molar-refractivity contribution in [2.75, 3.05) is 27.2 Å². The van der Waals surface area contributed by atoms with Gasteiger partial charge in [0.1, 0.15) is 5.75 Å². The molecular formula is C20H26N2O4S. The van der Waals surface area contributed by atoms with Crippen molar-refractivity contribution in [1.29, 1.82) is 0 Å².